The highest BCUT2D eigenvalue weighted by atomic mass is 16.1. The van der Waals surface area contributed by atoms with Gasteiger partial charge < -0.3 is 4.57 Å². The number of hydrogen-bond donors (Lipinski definition) is 0. The second-order valence-electron chi connectivity index (χ2n) is 4.45. The molecule has 3 heteroatoms. The maximum absolute atomic E-state index is 12.0. The number of pyridine rings is 1. The summed E-state index contributed by atoms with van der Waals surface area (Å²) in [6.45, 7) is 5.85. The van der Waals surface area contributed by atoms with Crippen LogP contribution in [0.2, 0.25) is 0 Å². The van der Waals surface area contributed by atoms with Crippen molar-refractivity contribution in [2.45, 2.75) is 20.8 Å². The molecule has 0 saturated carbocycles. The molecule has 1 heterocycles. The van der Waals surface area contributed by atoms with Crippen LogP contribution in [0.1, 0.15) is 22.3 Å². The van der Waals surface area contributed by atoms with Crippen molar-refractivity contribution in [2.75, 3.05) is 0 Å². The molecule has 1 aromatic carbocycles. The minimum Gasteiger partial charge on any atom is -0.310 e. The Balaban J connectivity index is 3.17. The van der Waals surface area contributed by atoms with E-state index in [4.69, 9.17) is 5.26 Å². The number of benzene rings is 1. The molecule has 2 rings (SSSR count). The largest absolute Gasteiger partial charge is 0.310 e. The van der Waals surface area contributed by atoms with E-state index in [9.17, 15) is 4.79 Å². The molecule has 0 aliphatic carbocycles. The van der Waals surface area contributed by atoms with Gasteiger partial charge in [0.25, 0.3) is 5.56 Å². The van der Waals surface area contributed by atoms with Gasteiger partial charge in [-0.25, -0.2) is 0 Å². The lowest BCUT2D eigenvalue weighted by molar-refractivity contribution is 0.895. The van der Waals surface area contributed by atoms with Gasteiger partial charge in [-0.2, -0.15) is 5.26 Å². The first-order valence-electron chi connectivity index (χ1n) is 5.48. The normalized spacial score (nSPS) is 10.5. The van der Waals surface area contributed by atoms with Crippen LogP contribution in [-0.2, 0) is 7.05 Å². The molecule has 0 fully saturated rings. The summed E-state index contributed by atoms with van der Waals surface area (Å²) >= 11 is 0. The Morgan fingerprint density at radius 2 is 1.88 bits per heavy atom. The van der Waals surface area contributed by atoms with Crippen molar-refractivity contribution in [1.29, 1.82) is 5.26 Å². The van der Waals surface area contributed by atoms with E-state index in [1.807, 2.05) is 32.9 Å². The van der Waals surface area contributed by atoms with Crippen molar-refractivity contribution >= 4 is 10.9 Å². The summed E-state index contributed by atoms with van der Waals surface area (Å²) < 4.78 is 1.56. The fraction of sp³-hybridized carbons (Fsp3) is 0.286. The van der Waals surface area contributed by atoms with Gasteiger partial charge in [-0.1, -0.05) is 6.07 Å². The Bertz CT molecular complexity index is 718. The third-order valence-electron chi connectivity index (χ3n) is 3.20. The second-order valence-corrected chi connectivity index (χ2v) is 4.45. The molecule has 0 aliphatic rings. The number of hydrogen-bond acceptors (Lipinski definition) is 2. The van der Waals surface area contributed by atoms with E-state index in [1.165, 1.54) is 0 Å². The van der Waals surface area contributed by atoms with E-state index >= 15 is 0 Å². The van der Waals surface area contributed by atoms with Gasteiger partial charge in [-0.3, -0.25) is 4.79 Å². The van der Waals surface area contributed by atoms with Crippen LogP contribution < -0.4 is 5.56 Å². The van der Waals surface area contributed by atoms with Gasteiger partial charge in [-0.05, 0) is 43.5 Å². The standard InChI is InChI=1S/C14H14N2O/c1-8-5-9(2)13-10(3)11(7-15)14(17)16(4)12(13)6-8/h5-6H,1-4H3. The van der Waals surface area contributed by atoms with Gasteiger partial charge >= 0.3 is 0 Å². The lowest BCUT2D eigenvalue weighted by Crippen LogP contribution is -2.21. The quantitative estimate of drug-likeness (QED) is 0.692. The van der Waals surface area contributed by atoms with E-state index in [2.05, 4.69) is 6.07 Å². The van der Waals surface area contributed by atoms with Crippen LogP contribution in [0.15, 0.2) is 16.9 Å². The highest BCUT2D eigenvalue weighted by Gasteiger charge is 2.13. The monoisotopic (exact) mass is 226 g/mol. The van der Waals surface area contributed by atoms with E-state index < -0.39 is 0 Å². The number of nitriles is 1. The fourth-order valence-electron chi connectivity index (χ4n) is 2.39. The van der Waals surface area contributed by atoms with Crippen molar-refractivity contribution < 1.29 is 0 Å². The highest BCUT2D eigenvalue weighted by molar-refractivity contribution is 5.88. The molecule has 0 unspecified atom stereocenters. The van der Waals surface area contributed by atoms with Crippen LogP contribution >= 0.6 is 0 Å². The topological polar surface area (TPSA) is 45.8 Å². The summed E-state index contributed by atoms with van der Waals surface area (Å²) in [4.78, 5) is 12.0. The second kappa shape index (κ2) is 3.74. The Morgan fingerprint density at radius 1 is 1.24 bits per heavy atom. The van der Waals surface area contributed by atoms with E-state index in [0.29, 0.717) is 0 Å². The summed E-state index contributed by atoms with van der Waals surface area (Å²) in [7, 11) is 1.71. The van der Waals surface area contributed by atoms with Gasteiger partial charge in [0.15, 0.2) is 0 Å². The van der Waals surface area contributed by atoms with Gasteiger partial charge in [-0.15, -0.1) is 0 Å². The Kier molecular flexibility index (Phi) is 2.51. The molecule has 0 atom stereocenters. The molecule has 0 saturated heterocycles. The zero-order chi connectivity index (χ0) is 12.7. The summed E-state index contributed by atoms with van der Waals surface area (Å²) in [5.41, 5.74) is 3.92. The van der Waals surface area contributed by atoms with Crippen molar-refractivity contribution in [3.63, 3.8) is 0 Å². The summed E-state index contributed by atoms with van der Waals surface area (Å²) in [5.74, 6) is 0. The maximum atomic E-state index is 12.0. The average molecular weight is 226 g/mol. The molecule has 2 aromatic rings. The first kappa shape index (κ1) is 11.4. The molecular weight excluding hydrogens is 212 g/mol. The van der Waals surface area contributed by atoms with Gasteiger partial charge in [0.1, 0.15) is 11.6 Å². The zero-order valence-electron chi connectivity index (χ0n) is 10.5. The number of rotatable bonds is 0. The van der Waals surface area contributed by atoms with Crippen LogP contribution in [0.25, 0.3) is 10.9 Å². The van der Waals surface area contributed by atoms with Crippen molar-refractivity contribution in [1.82, 2.24) is 4.57 Å². The van der Waals surface area contributed by atoms with E-state index in [1.54, 1.807) is 11.6 Å². The first-order chi connectivity index (χ1) is 7.97. The Labute approximate surface area is 99.9 Å². The average Bonchev–Trinajstić information content (AvgIpc) is 2.25. The van der Waals surface area contributed by atoms with Gasteiger partial charge in [0.2, 0.25) is 0 Å². The lowest BCUT2D eigenvalue weighted by Gasteiger charge is -2.12. The number of aromatic nitrogens is 1. The molecule has 1 aromatic heterocycles. The zero-order valence-corrected chi connectivity index (χ0v) is 10.5. The minimum atomic E-state index is -0.220. The van der Waals surface area contributed by atoms with Crippen LogP contribution in [0.4, 0.5) is 0 Å². The van der Waals surface area contributed by atoms with Crippen LogP contribution in [-0.4, -0.2) is 4.57 Å². The van der Waals surface area contributed by atoms with E-state index in [0.717, 1.165) is 27.6 Å². The van der Waals surface area contributed by atoms with Crippen molar-refractivity contribution in [2.24, 2.45) is 7.05 Å². The molecule has 17 heavy (non-hydrogen) atoms. The number of nitrogens with zero attached hydrogens (tertiary/aromatic N) is 2. The highest BCUT2D eigenvalue weighted by Crippen LogP contribution is 2.23. The molecule has 0 N–H and O–H groups in total. The van der Waals surface area contributed by atoms with Crippen LogP contribution in [0, 0.1) is 32.1 Å². The van der Waals surface area contributed by atoms with Crippen molar-refractivity contribution in [3.05, 3.63) is 44.7 Å². The maximum Gasteiger partial charge on any atom is 0.268 e. The lowest BCUT2D eigenvalue weighted by atomic mass is 9.99. The summed E-state index contributed by atoms with van der Waals surface area (Å²) in [6.07, 6.45) is 0. The van der Waals surface area contributed by atoms with Crippen LogP contribution in [0.3, 0.4) is 0 Å². The number of aryl methyl sites for hydroxylation is 4. The van der Waals surface area contributed by atoms with Gasteiger partial charge in [0, 0.05) is 12.4 Å². The molecule has 0 bridgehead atoms. The molecule has 0 aliphatic heterocycles. The SMILES string of the molecule is Cc1cc(C)c2c(C)c(C#N)c(=O)n(C)c2c1. The smallest absolute Gasteiger partial charge is 0.268 e. The Morgan fingerprint density at radius 3 is 2.47 bits per heavy atom. The van der Waals surface area contributed by atoms with Gasteiger partial charge in [0.05, 0.1) is 5.52 Å². The third-order valence-corrected chi connectivity index (χ3v) is 3.20. The summed E-state index contributed by atoms with van der Waals surface area (Å²) in [6, 6.07) is 6.06. The molecule has 3 nitrogen and oxygen atoms in total. The predicted molar refractivity (Wildman–Crippen MR) is 68.1 cm³/mol. The summed E-state index contributed by atoms with van der Waals surface area (Å²) in [5, 5.41) is 10.1. The van der Waals surface area contributed by atoms with E-state index in [-0.39, 0.29) is 11.1 Å². The minimum absolute atomic E-state index is 0.220. The first-order valence-corrected chi connectivity index (χ1v) is 5.48. The molecule has 86 valence electrons. The molecule has 0 radical (unpaired) electrons. The Hall–Kier alpha value is -2.08. The molecular formula is C14H14N2O. The number of fused-ring (bicyclic) bond motifs is 1. The molecule has 0 amide bonds. The third kappa shape index (κ3) is 1.53. The predicted octanol–water partition coefficient (Wildman–Crippen LogP) is 2.34. The van der Waals surface area contributed by atoms with Crippen molar-refractivity contribution in [3.8, 4) is 6.07 Å². The molecule has 0 spiro atoms. The van der Waals surface area contributed by atoms with Crippen LogP contribution in [0.5, 0.6) is 0 Å². The fourth-order valence-corrected chi connectivity index (χ4v) is 2.39.